The summed E-state index contributed by atoms with van der Waals surface area (Å²) in [6, 6.07) is 67.8. The van der Waals surface area contributed by atoms with Crippen LogP contribution in [0.2, 0.25) is 0 Å². The van der Waals surface area contributed by atoms with Crippen LogP contribution in [0.5, 0.6) is 0 Å². The summed E-state index contributed by atoms with van der Waals surface area (Å²) in [5, 5.41) is 15.0. The highest BCUT2D eigenvalue weighted by atomic mass is 14.9. The highest BCUT2D eigenvalue weighted by Crippen LogP contribution is 2.45. The standard InChI is InChI=1S/C55H33N3/c1-2-10-34(11-3-1)35-21-26-39(27-22-35)55-57-49(32-50(58-55)44-17-5-4-16-43(44)41-15-9-29-56-33-41)42-30-40-28-25-38-13-7-19-46-45-18-6-12-36-23-24-37-14-8-20-47(53(37)51(36)45)48(31-42)54(40)52(38)46/h1-33H. The Morgan fingerprint density at radius 2 is 0.828 bits per heavy atom. The van der Waals surface area contributed by atoms with Gasteiger partial charge in [-0.1, -0.05) is 164 Å². The number of hydrogen-bond donors (Lipinski definition) is 0. The lowest BCUT2D eigenvalue weighted by Gasteiger charge is -2.17. The summed E-state index contributed by atoms with van der Waals surface area (Å²) in [7, 11) is 0. The molecule has 3 heteroatoms. The molecule has 268 valence electrons. The molecular weight excluding hydrogens is 703 g/mol. The molecule has 12 rings (SSSR count). The maximum Gasteiger partial charge on any atom is 0.160 e. The van der Waals surface area contributed by atoms with E-state index in [-0.39, 0.29) is 0 Å². The van der Waals surface area contributed by atoms with Crippen LogP contribution >= 0.6 is 0 Å². The molecule has 0 saturated heterocycles. The van der Waals surface area contributed by atoms with Gasteiger partial charge in [-0.05, 0) is 106 Å². The van der Waals surface area contributed by atoms with E-state index in [1.807, 2.05) is 24.5 Å². The zero-order valence-electron chi connectivity index (χ0n) is 31.4. The fourth-order valence-electron chi connectivity index (χ4n) is 9.22. The van der Waals surface area contributed by atoms with Crippen LogP contribution < -0.4 is 0 Å². The van der Waals surface area contributed by atoms with Gasteiger partial charge in [0.2, 0.25) is 0 Å². The number of aromatic nitrogens is 3. The van der Waals surface area contributed by atoms with Crippen molar-refractivity contribution in [3.05, 3.63) is 200 Å². The molecule has 3 nitrogen and oxygen atoms in total. The number of hydrogen-bond acceptors (Lipinski definition) is 3. The first-order valence-corrected chi connectivity index (χ1v) is 19.7. The first-order chi connectivity index (χ1) is 28.7. The molecular formula is C55H33N3. The van der Waals surface area contributed by atoms with E-state index in [1.165, 1.54) is 70.2 Å². The van der Waals surface area contributed by atoms with Gasteiger partial charge in [0, 0.05) is 34.6 Å². The molecule has 10 aromatic carbocycles. The number of nitrogens with zero attached hydrogens (tertiary/aromatic N) is 3. The zero-order valence-corrected chi connectivity index (χ0v) is 31.4. The van der Waals surface area contributed by atoms with E-state index in [0.717, 1.165) is 44.8 Å². The zero-order chi connectivity index (χ0) is 38.2. The highest BCUT2D eigenvalue weighted by molar-refractivity contribution is 6.37. The summed E-state index contributed by atoms with van der Waals surface area (Å²) in [6.07, 6.45) is 3.73. The number of rotatable bonds is 5. The van der Waals surface area contributed by atoms with E-state index in [0.29, 0.717) is 5.82 Å². The van der Waals surface area contributed by atoms with Crippen LogP contribution in [0, 0.1) is 0 Å². The third kappa shape index (κ3) is 5.11. The van der Waals surface area contributed by atoms with Gasteiger partial charge in [0.1, 0.15) is 0 Å². The Morgan fingerprint density at radius 1 is 0.293 bits per heavy atom. The smallest absolute Gasteiger partial charge is 0.160 e. The number of pyridine rings is 1. The van der Waals surface area contributed by atoms with E-state index < -0.39 is 0 Å². The van der Waals surface area contributed by atoms with Crippen LogP contribution in [0.1, 0.15) is 0 Å². The van der Waals surface area contributed by atoms with Crippen molar-refractivity contribution >= 4 is 64.6 Å². The van der Waals surface area contributed by atoms with E-state index >= 15 is 0 Å². The van der Waals surface area contributed by atoms with Crippen molar-refractivity contribution in [2.24, 2.45) is 0 Å². The second-order valence-corrected chi connectivity index (χ2v) is 15.2. The minimum absolute atomic E-state index is 0.678. The van der Waals surface area contributed by atoms with Gasteiger partial charge in [-0.25, -0.2) is 9.97 Å². The second kappa shape index (κ2) is 12.9. The van der Waals surface area contributed by atoms with Crippen molar-refractivity contribution in [2.45, 2.75) is 0 Å². The largest absolute Gasteiger partial charge is 0.264 e. The van der Waals surface area contributed by atoms with E-state index in [4.69, 9.17) is 9.97 Å². The lowest BCUT2D eigenvalue weighted by Crippen LogP contribution is -1.97. The Labute approximate surface area is 334 Å². The maximum atomic E-state index is 5.41. The van der Waals surface area contributed by atoms with Crippen LogP contribution in [0.3, 0.4) is 0 Å². The molecule has 0 radical (unpaired) electrons. The lowest BCUT2D eigenvalue weighted by molar-refractivity contribution is 1.18. The predicted molar refractivity (Wildman–Crippen MR) is 243 cm³/mol. The summed E-state index contributed by atoms with van der Waals surface area (Å²) < 4.78 is 0. The molecule has 0 aliphatic rings. The minimum atomic E-state index is 0.678. The third-order valence-electron chi connectivity index (χ3n) is 11.9. The van der Waals surface area contributed by atoms with Crippen molar-refractivity contribution in [3.8, 4) is 56.2 Å². The normalized spacial score (nSPS) is 11.8. The first-order valence-electron chi connectivity index (χ1n) is 19.7. The molecule has 0 N–H and O–H groups in total. The second-order valence-electron chi connectivity index (χ2n) is 15.2. The van der Waals surface area contributed by atoms with Gasteiger partial charge in [-0.15, -0.1) is 0 Å². The van der Waals surface area contributed by atoms with Gasteiger partial charge < -0.3 is 0 Å². The fraction of sp³-hybridized carbons (Fsp3) is 0. The number of benzene rings is 9. The van der Waals surface area contributed by atoms with Gasteiger partial charge in [0.15, 0.2) is 5.82 Å². The van der Waals surface area contributed by atoms with E-state index in [2.05, 4.69) is 181 Å². The van der Waals surface area contributed by atoms with Gasteiger partial charge in [-0.3, -0.25) is 4.98 Å². The topological polar surface area (TPSA) is 38.7 Å². The third-order valence-corrected chi connectivity index (χ3v) is 11.9. The SMILES string of the molecule is c1ccc(-c2ccc(-c3nc(-c4cc5ccc6cccc7c8cccc9ccc%10cccc(c(c4)c5c67)c%10c98)cc(-c4ccccc4-c4cccnc4)n3)cc2)cc1. The van der Waals surface area contributed by atoms with Crippen molar-refractivity contribution < 1.29 is 0 Å². The maximum absolute atomic E-state index is 5.41. The van der Waals surface area contributed by atoms with Crippen molar-refractivity contribution in [1.82, 2.24) is 15.0 Å². The predicted octanol–water partition coefficient (Wildman–Crippen LogP) is 14.6. The van der Waals surface area contributed by atoms with Gasteiger partial charge in [0.25, 0.3) is 0 Å². The summed E-state index contributed by atoms with van der Waals surface area (Å²) in [5.41, 5.74) is 9.20. The molecule has 2 heterocycles. The summed E-state index contributed by atoms with van der Waals surface area (Å²) >= 11 is 0. The molecule has 12 aromatic rings. The van der Waals surface area contributed by atoms with Crippen LogP contribution in [0.15, 0.2) is 200 Å². The molecule has 0 bridgehead atoms. The average molecular weight is 736 g/mol. The lowest BCUT2D eigenvalue weighted by atomic mass is 9.87. The van der Waals surface area contributed by atoms with E-state index in [9.17, 15) is 0 Å². The molecule has 0 saturated carbocycles. The Balaban J connectivity index is 1.17. The Bertz CT molecular complexity index is 3530. The van der Waals surface area contributed by atoms with Crippen LogP contribution in [0.25, 0.3) is 121 Å². The van der Waals surface area contributed by atoms with Crippen molar-refractivity contribution in [3.63, 3.8) is 0 Å². The van der Waals surface area contributed by atoms with Crippen LogP contribution in [0.4, 0.5) is 0 Å². The monoisotopic (exact) mass is 735 g/mol. The number of fused-ring (bicyclic) bond motifs is 2. The molecule has 0 aliphatic carbocycles. The van der Waals surface area contributed by atoms with Crippen LogP contribution in [-0.2, 0) is 0 Å². The highest BCUT2D eigenvalue weighted by Gasteiger charge is 2.19. The molecule has 0 unspecified atom stereocenters. The molecule has 0 amide bonds. The molecule has 0 fully saturated rings. The Hall–Kier alpha value is -7.75. The Kier molecular flexibility index (Phi) is 7.23. The first kappa shape index (κ1) is 32.5. The fourth-order valence-corrected chi connectivity index (χ4v) is 9.22. The van der Waals surface area contributed by atoms with Crippen molar-refractivity contribution in [1.29, 1.82) is 0 Å². The molecule has 58 heavy (non-hydrogen) atoms. The molecule has 2 aromatic heterocycles. The van der Waals surface area contributed by atoms with E-state index in [1.54, 1.807) is 0 Å². The molecule has 0 atom stereocenters. The van der Waals surface area contributed by atoms with Crippen molar-refractivity contribution in [2.75, 3.05) is 0 Å². The van der Waals surface area contributed by atoms with Crippen LogP contribution in [-0.4, -0.2) is 15.0 Å². The quantitative estimate of drug-likeness (QED) is 0.165. The molecule has 0 spiro atoms. The summed E-state index contributed by atoms with van der Waals surface area (Å²) in [6.45, 7) is 0. The summed E-state index contributed by atoms with van der Waals surface area (Å²) in [4.78, 5) is 15.2. The minimum Gasteiger partial charge on any atom is -0.264 e. The van der Waals surface area contributed by atoms with Gasteiger partial charge in [-0.2, -0.15) is 0 Å². The molecule has 0 aliphatic heterocycles. The average Bonchev–Trinajstić information content (AvgIpc) is 3.30. The Morgan fingerprint density at radius 3 is 1.48 bits per heavy atom. The summed E-state index contributed by atoms with van der Waals surface area (Å²) in [5.74, 6) is 0.678. The van der Waals surface area contributed by atoms with Gasteiger partial charge >= 0.3 is 0 Å². The van der Waals surface area contributed by atoms with Gasteiger partial charge in [0.05, 0.1) is 11.4 Å².